The van der Waals surface area contributed by atoms with Gasteiger partial charge in [-0.2, -0.15) is 12.9 Å². The van der Waals surface area contributed by atoms with Gasteiger partial charge in [0.2, 0.25) is 0 Å². The number of quaternary nitrogens is 1. The van der Waals surface area contributed by atoms with E-state index in [0.717, 1.165) is 54.0 Å². The lowest BCUT2D eigenvalue weighted by Gasteiger charge is -2.35. The number of carbonyl (C=O) groups excluding carboxylic acids is 1. The van der Waals surface area contributed by atoms with Gasteiger partial charge >= 0.3 is 16.2 Å². The number of nitrogens with zero attached hydrogens (tertiary/aromatic N) is 3. The molecule has 2 amide bonds. The third-order valence-corrected chi connectivity index (χ3v) is 8.62. The van der Waals surface area contributed by atoms with E-state index in [1.807, 2.05) is 0 Å². The first-order valence-electron chi connectivity index (χ1n) is 11.8. The van der Waals surface area contributed by atoms with Gasteiger partial charge in [0.25, 0.3) is 0 Å². The van der Waals surface area contributed by atoms with Crippen molar-refractivity contribution >= 4 is 27.6 Å². The number of aryl methyl sites for hydroxylation is 3. The number of anilines is 2. The fraction of sp³-hybridized carbons (Fsp3) is 0.522. The van der Waals surface area contributed by atoms with Gasteiger partial charge in [-0.15, -0.1) is 0 Å². The molecule has 182 valence electrons. The minimum absolute atomic E-state index is 0.167. The third-order valence-electron chi connectivity index (χ3n) is 6.93. The predicted molar refractivity (Wildman–Crippen MR) is 126 cm³/mol. The van der Waals surface area contributed by atoms with E-state index in [4.69, 9.17) is 4.74 Å². The molecule has 11 heteroatoms. The van der Waals surface area contributed by atoms with Gasteiger partial charge in [-0.3, -0.25) is 5.32 Å². The molecule has 2 N–H and O–H groups in total. The van der Waals surface area contributed by atoms with E-state index >= 15 is 0 Å². The van der Waals surface area contributed by atoms with Crippen molar-refractivity contribution in [3.8, 4) is 0 Å². The molecule has 34 heavy (non-hydrogen) atoms. The summed E-state index contributed by atoms with van der Waals surface area (Å²) in [5.74, 6) is 0.476. The number of hydroxylamine groups is 1. The molecule has 1 fully saturated rings. The average molecular weight is 488 g/mol. The van der Waals surface area contributed by atoms with Crippen LogP contribution in [0.1, 0.15) is 53.8 Å². The van der Waals surface area contributed by atoms with Gasteiger partial charge in [0.15, 0.2) is 0 Å². The van der Waals surface area contributed by atoms with Crippen molar-refractivity contribution in [1.82, 2.24) is 9.97 Å². The highest BCUT2D eigenvalue weighted by atomic mass is 32.2. The second-order valence-corrected chi connectivity index (χ2v) is 10.8. The Labute approximate surface area is 199 Å². The van der Waals surface area contributed by atoms with E-state index in [9.17, 15) is 18.4 Å². The highest BCUT2D eigenvalue weighted by Crippen LogP contribution is 2.38. The third kappa shape index (κ3) is 4.17. The molecule has 1 aromatic carbocycles. The van der Waals surface area contributed by atoms with Crippen LogP contribution in [0.2, 0.25) is 0 Å². The van der Waals surface area contributed by atoms with Gasteiger partial charge in [0, 0.05) is 13.2 Å². The molecule has 2 aliphatic carbocycles. The quantitative estimate of drug-likeness (QED) is 0.613. The van der Waals surface area contributed by atoms with Crippen LogP contribution in [-0.4, -0.2) is 43.7 Å². The number of fused-ring (bicyclic) bond motifs is 2. The van der Waals surface area contributed by atoms with Crippen LogP contribution in [0, 0.1) is 12.1 Å². The van der Waals surface area contributed by atoms with Gasteiger partial charge < -0.3 is 9.94 Å². The second kappa shape index (κ2) is 9.21. The number of urea groups is 1. The first-order chi connectivity index (χ1) is 16.4. The van der Waals surface area contributed by atoms with Crippen molar-refractivity contribution in [2.24, 2.45) is 0 Å². The summed E-state index contributed by atoms with van der Waals surface area (Å²) < 4.78 is 32.0. The van der Waals surface area contributed by atoms with Crippen molar-refractivity contribution in [2.45, 2.75) is 64.3 Å². The highest BCUT2D eigenvalue weighted by molar-refractivity contribution is 7.86. The first-order valence-corrected chi connectivity index (χ1v) is 13.2. The maximum absolute atomic E-state index is 13.5. The summed E-state index contributed by atoms with van der Waals surface area (Å²) in [6.45, 7) is 2.42. The van der Waals surface area contributed by atoms with Crippen LogP contribution in [0.25, 0.3) is 0 Å². The normalized spacial score (nSPS) is 18.9. The molecule has 5 rings (SSSR count). The number of ether oxygens (including phenoxy) is 1. The van der Waals surface area contributed by atoms with Gasteiger partial charge in [-0.25, -0.2) is 19.1 Å². The number of aromatic nitrogens is 2. The van der Waals surface area contributed by atoms with Crippen LogP contribution in [-0.2, 0) is 40.6 Å². The van der Waals surface area contributed by atoms with E-state index in [1.54, 1.807) is 6.92 Å². The molecular formula is C23H29N5O5S. The maximum Gasteiger partial charge on any atom is 0.436 e. The SMILES string of the molecule is Cc1ncc(N(C2CCOCC2)S(=O)(=O)[NH+]([O-])C(=O)Nc2c3c(cc4c2CCC4)CCC3)cn1. The van der Waals surface area contributed by atoms with Crippen LogP contribution >= 0.6 is 0 Å². The van der Waals surface area contributed by atoms with E-state index in [2.05, 4.69) is 21.4 Å². The zero-order chi connectivity index (χ0) is 23.9. The number of hydrogen-bond donors (Lipinski definition) is 2. The lowest BCUT2D eigenvalue weighted by molar-refractivity contribution is -0.604. The Kier molecular flexibility index (Phi) is 6.28. The Morgan fingerprint density at radius 3 is 2.26 bits per heavy atom. The Balaban J connectivity index is 1.46. The maximum atomic E-state index is 13.5. The molecule has 1 atom stereocenters. The summed E-state index contributed by atoms with van der Waals surface area (Å²) in [6, 6.07) is 0.565. The van der Waals surface area contributed by atoms with Crippen LogP contribution in [0.3, 0.4) is 0 Å². The zero-order valence-electron chi connectivity index (χ0n) is 19.2. The topological polar surface area (TPSA) is 129 Å². The smallest absolute Gasteiger partial charge is 0.436 e. The van der Waals surface area contributed by atoms with Gasteiger partial charge in [-0.1, -0.05) is 6.07 Å². The molecule has 0 bridgehead atoms. The second-order valence-electron chi connectivity index (χ2n) is 9.11. The molecule has 3 aliphatic rings. The predicted octanol–water partition coefficient (Wildman–Crippen LogP) is 1.61. The molecule has 1 aliphatic heterocycles. The molecule has 0 saturated carbocycles. The lowest BCUT2D eigenvalue weighted by Crippen LogP contribution is -3.14. The fourth-order valence-corrected chi connectivity index (χ4v) is 6.74. The summed E-state index contributed by atoms with van der Waals surface area (Å²) in [7, 11) is -4.67. The number of nitrogens with one attached hydrogen (secondary N) is 2. The summed E-state index contributed by atoms with van der Waals surface area (Å²) >= 11 is 0. The zero-order valence-corrected chi connectivity index (χ0v) is 20.0. The van der Waals surface area contributed by atoms with E-state index in [1.165, 1.54) is 23.5 Å². The Morgan fingerprint density at radius 2 is 1.68 bits per heavy atom. The average Bonchev–Trinajstić information content (AvgIpc) is 3.50. The molecule has 1 aromatic heterocycles. The fourth-order valence-electron chi connectivity index (χ4n) is 5.30. The van der Waals surface area contributed by atoms with Gasteiger partial charge in [0.1, 0.15) is 5.82 Å². The van der Waals surface area contributed by atoms with Crippen LogP contribution in [0.5, 0.6) is 0 Å². The van der Waals surface area contributed by atoms with Crippen LogP contribution in [0.4, 0.5) is 16.2 Å². The molecule has 10 nitrogen and oxygen atoms in total. The largest absolute Gasteiger partial charge is 0.608 e. The van der Waals surface area contributed by atoms with Crippen molar-refractivity contribution in [3.63, 3.8) is 0 Å². The highest BCUT2D eigenvalue weighted by Gasteiger charge is 2.40. The Morgan fingerprint density at radius 1 is 1.09 bits per heavy atom. The van der Waals surface area contributed by atoms with Crippen molar-refractivity contribution in [3.05, 3.63) is 51.7 Å². The lowest BCUT2D eigenvalue weighted by atomic mass is 9.99. The summed E-state index contributed by atoms with van der Waals surface area (Å²) in [5.41, 5.74) is 5.26. The molecule has 2 aromatic rings. The summed E-state index contributed by atoms with van der Waals surface area (Å²) in [5, 5.41) is 15.9. The molecule has 0 spiro atoms. The Hall–Kier alpha value is -2.60. The number of hydrogen-bond acceptors (Lipinski definition) is 7. The number of carbonyl (C=O) groups is 1. The first kappa shape index (κ1) is 23.2. The number of benzene rings is 1. The Bertz CT molecular complexity index is 1160. The number of amides is 2. The molecule has 1 unspecified atom stereocenters. The summed E-state index contributed by atoms with van der Waals surface area (Å²) in [4.78, 5) is 21.3. The van der Waals surface area contributed by atoms with E-state index < -0.39 is 26.8 Å². The van der Waals surface area contributed by atoms with Gasteiger partial charge in [-0.05, 0) is 80.5 Å². The summed E-state index contributed by atoms with van der Waals surface area (Å²) in [6.07, 6.45) is 9.02. The van der Waals surface area contributed by atoms with E-state index in [-0.39, 0.29) is 5.69 Å². The van der Waals surface area contributed by atoms with Crippen molar-refractivity contribution in [1.29, 1.82) is 0 Å². The van der Waals surface area contributed by atoms with Crippen molar-refractivity contribution in [2.75, 3.05) is 22.8 Å². The number of rotatable bonds is 5. The standard InChI is InChI=1S/C23H29N5O5S/c1-15-24-13-19(14-25-15)27(18-8-10-33-11-9-18)34(31,32)28(30)23(29)26-22-20-6-2-4-16(20)12-17-5-3-7-21(17)22/h12-14,18,28H,2-11H2,1H3,(H,26,29). The van der Waals surface area contributed by atoms with Gasteiger partial charge in [0.05, 0.1) is 29.8 Å². The molecule has 1 saturated heterocycles. The minimum Gasteiger partial charge on any atom is -0.608 e. The monoisotopic (exact) mass is 487 g/mol. The van der Waals surface area contributed by atoms with E-state index in [0.29, 0.717) is 37.6 Å². The minimum atomic E-state index is -4.67. The van der Waals surface area contributed by atoms with Crippen LogP contribution in [0.15, 0.2) is 18.5 Å². The molecule has 2 heterocycles. The molecular weight excluding hydrogens is 458 g/mol. The van der Waals surface area contributed by atoms with Crippen LogP contribution < -0.4 is 14.1 Å². The molecule has 0 radical (unpaired) electrons. The van der Waals surface area contributed by atoms with Crippen molar-refractivity contribution < 1.29 is 22.4 Å².